The Morgan fingerprint density at radius 3 is 2.95 bits per heavy atom. The number of thiophene rings is 1. The Bertz CT molecular complexity index is 548. The van der Waals surface area contributed by atoms with E-state index in [1.54, 1.807) is 23.9 Å². The van der Waals surface area contributed by atoms with E-state index in [0.717, 1.165) is 18.0 Å². The lowest BCUT2D eigenvalue weighted by molar-refractivity contribution is 0.305. The van der Waals surface area contributed by atoms with Crippen molar-refractivity contribution in [3.05, 3.63) is 46.0 Å². The molecule has 0 aromatic carbocycles. The molecular formula is C15H17NO2S. The summed E-state index contributed by atoms with van der Waals surface area (Å²) >= 11 is 1.70. The van der Waals surface area contributed by atoms with Gasteiger partial charge in [-0.2, -0.15) is 0 Å². The van der Waals surface area contributed by atoms with Gasteiger partial charge in [0, 0.05) is 30.0 Å². The summed E-state index contributed by atoms with van der Waals surface area (Å²) in [6.07, 6.45) is 4.01. The average Bonchev–Trinajstić information content (AvgIpc) is 3.02. The Morgan fingerprint density at radius 2 is 2.21 bits per heavy atom. The van der Waals surface area contributed by atoms with E-state index >= 15 is 0 Å². The van der Waals surface area contributed by atoms with E-state index in [2.05, 4.69) is 29.9 Å². The van der Waals surface area contributed by atoms with Crippen LogP contribution in [0.5, 0.6) is 0 Å². The first-order valence-electron chi connectivity index (χ1n) is 6.16. The first-order chi connectivity index (χ1) is 9.28. The molecule has 2 aromatic rings. The number of nitrogens with zero attached hydrogens (tertiary/aromatic N) is 1. The van der Waals surface area contributed by atoms with E-state index < -0.39 is 0 Å². The van der Waals surface area contributed by atoms with Crippen molar-refractivity contribution in [2.45, 2.75) is 19.5 Å². The second-order valence-corrected chi connectivity index (χ2v) is 5.51. The van der Waals surface area contributed by atoms with E-state index in [9.17, 15) is 0 Å². The quantitative estimate of drug-likeness (QED) is 0.852. The largest absolute Gasteiger partial charge is 0.472 e. The Labute approximate surface area is 117 Å². The van der Waals surface area contributed by atoms with Crippen LogP contribution < -0.4 is 0 Å². The van der Waals surface area contributed by atoms with Gasteiger partial charge in [0.1, 0.15) is 0 Å². The highest BCUT2D eigenvalue weighted by atomic mass is 32.1. The molecule has 2 heterocycles. The zero-order valence-corrected chi connectivity index (χ0v) is 11.7. The lowest BCUT2D eigenvalue weighted by Gasteiger charge is -2.13. The molecule has 0 saturated heterocycles. The summed E-state index contributed by atoms with van der Waals surface area (Å²) in [5.41, 5.74) is 1.18. The lowest BCUT2D eigenvalue weighted by atomic mass is 10.3. The van der Waals surface area contributed by atoms with Crippen LogP contribution in [-0.4, -0.2) is 23.7 Å². The SMILES string of the molecule is CN(Cc1ccoc1)Cc1ccc(C#CCCO)s1. The summed E-state index contributed by atoms with van der Waals surface area (Å²) in [5, 5.41) is 8.68. The summed E-state index contributed by atoms with van der Waals surface area (Å²) < 4.78 is 5.06. The van der Waals surface area contributed by atoms with Crippen LogP contribution in [0.1, 0.15) is 21.7 Å². The van der Waals surface area contributed by atoms with Crippen LogP contribution in [0, 0.1) is 11.8 Å². The van der Waals surface area contributed by atoms with E-state index in [-0.39, 0.29) is 6.61 Å². The predicted molar refractivity (Wildman–Crippen MR) is 76.8 cm³/mol. The Balaban J connectivity index is 1.87. The second kappa shape index (κ2) is 7.15. The summed E-state index contributed by atoms with van der Waals surface area (Å²) in [6.45, 7) is 1.90. The highest BCUT2D eigenvalue weighted by Crippen LogP contribution is 2.18. The molecule has 4 heteroatoms. The molecule has 0 fully saturated rings. The van der Waals surface area contributed by atoms with Gasteiger partial charge in [-0.1, -0.05) is 11.8 Å². The molecular weight excluding hydrogens is 258 g/mol. The number of hydrogen-bond donors (Lipinski definition) is 1. The molecule has 1 N–H and O–H groups in total. The van der Waals surface area contributed by atoms with E-state index in [1.165, 1.54) is 10.4 Å². The van der Waals surface area contributed by atoms with Crippen molar-refractivity contribution in [1.29, 1.82) is 0 Å². The highest BCUT2D eigenvalue weighted by molar-refractivity contribution is 7.12. The van der Waals surface area contributed by atoms with Crippen molar-refractivity contribution >= 4 is 11.3 Å². The molecule has 2 rings (SSSR count). The van der Waals surface area contributed by atoms with E-state index in [4.69, 9.17) is 9.52 Å². The van der Waals surface area contributed by atoms with Crippen molar-refractivity contribution in [3.63, 3.8) is 0 Å². The normalized spacial score (nSPS) is 10.5. The molecule has 19 heavy (non-hydrogen) atoms. The van der Waals surface area contributed by atoms with Crippen molar-refractivity contribution < 1.29 is 9.52 Å². The van der Waals surface area contributed by atoms with E-state index in [1.807, 2.05) is 12.1 Å². The number of hydrogen-bond acceptors (Lipinski definition) is 4. The molecule has 3 nitrogen and oxygen atoms in total. The molecule has 0 amide bonds. The maximum absolute atomic E-state index is 8.68. The van der Waals surface area contributed by atoms with Gasteiger partial charge < -0.3 is 9.52 Å². The molecule has 0 aliphatic heterocycles. The minimum absolute atomic E-state index is 0.124. The lowest BCUT2D eigenvalue weighted by Crippen LogP contribution is -2.15. The number of furan rings is 1. The summed E-state index contributed by atoms with van der Waals surface area (Å²) in [4.78, 5) is 4.58. The number of aliphatic hydroxyl groups excluding tert-OH is 1. The van der Waals surface area contributed by atoms with Crippen LogP contribution in [0.4, 0.5) is 0 Å². The van der Waals surface area contributed by atoms with Crippen LogP contribution in [0.3, 0.4) is 0 Å². The molecule has 0 atom stereocenters. The fourth-order valence-corrected chi connectivity index (χ4v) is 2.71. The van der Waals surface area contributed by atoms with Gasteiger partial charge in [-0.3, -0.25) is 4.90 Å². The molecule has 0 bridgehead atoms. The maximum Gasteiger partial charge on any atom is 0.0947 e. The summed E-state index contributed by atoms with van der Waals surface area (Å²) in [5.74, 6) is 6.00. The summed E-state index contributed by atoms with van der Waals surface area (Å²) in [7, 11) is 2.09. The van der Waals surface area contributed by atoms with Gasteiger partial charge in [-0.05, 0) is 25.2 Å². The number of aliphatic hydroxyl groups is 1. The molecule has 0 spiro atoms. The van der Waals surface area contributed by atoms with Gasteiger partial charge in [0.15, 0.2) is 0 Å². The molecule has 2 aromatic heterocycles. The van der Waals surface area contributed by atoms with Crippen LogP contribution >= 0.6 is 11.3 Å². The first-order valence-corrected chi connectivity index (χ1v) is 6.97. The smallest absolute Gasteiger partial charge is 0.0947 e. The van der Waals surface area contributed by atoms with Gasteiger partial charge >= 0.3 is 0 Å². The predicted octanol–water partition coefficient (Wildman–Crippen LogP) is 2.71. The number of rotatable bonds is 5. The molecule has 100 valence electrons. The average molecular weight is 275 g/mol. The zero-order valence-electron chi connectivity index (χ0n) is 10.9. The van der Waals surface area contributed by atoms with Crippen molar-refractivity contribution in [1.82, 2.24) is 4.90 Å². The Kier molecular flexibility index (Phi) is 5.22. The molecule has 0 saturated carbocycles. The topological polar surface area (TPSA) is 36.6 Å². The Hall–Kier alpha value is -1.54. The highest BCUT2D eigenvalue weighted by Gasteiger charge is 2.04. The minimum atomic E-state index is 0.124. The molecule has 0 aliphatic carbocycles. The standard InChI is InChI=1S/C15H17NO2S/c1-16(10-13-7-9-18-12-13)11-15-6-5-14(19-15)4-2-3-8-17/h5-7,9,12,17H,3,8,10-11H2,1H3. The van der Waals surface area contributed by atoms with Crippen LogP contribution in [0.2, 0.25) is 0 Å². The van der Waals surface area contributed by atoms with Gasteiger partial charge in [0.2, 0.25) is 0 Å². The van der Waals surface area contributed by atoms with Gasteiger partial charge in [0.05, 0.1) is 24.0 Å². The van der Waals surface area contributed by atoms with E-state index in [0.29, 0.717) is 6.42 Å². The van der Waals surface area contributed by atoms with Crippen molar-refractivity contribution in [2.75, 3.05) is 13.7 Å². The van der Waals surface area contributed by atoms with Gasteiger partial charge in [-0.25, -0.2) is 0 Å². The fraction of sp³-hybridized carbons (Fsp3) is 0.333. The third kappa shape index (κ3) is 4.56. The van der Waals surface area contributed by atoms with Crippen molar-refractivity contribution in [3.8, 4) is 11.8 Å². The third-order valence-electron chi connectivity index (χ3n) is 2.57. The second-order valence-electron chi connectivity index (χ2n) is 4.35. The molecule has 0 aliphatic rings. The minimum Gasteiger partial charge on any atom is -0.472 e. The van der Waals surface area contributed by atoms with Crippen LogP contribution in [-0.2, 0) is 13.1 Å². The van der Waals surface area contributed by atoms with Gasteiger partial charge in [0.25, 0.3) is 0 Å². The third-order valence-corrected chi connectivity index (χ3v) is 3.55. The van der Waals surface area contributed by atoms with Gasteiger partial charge in [-0.15, -0.1) is 11.3 Å². The molecule has 0 radical (unpaired) electrons. The monoisotopic (exact) mass is 275 g/mol. The maximum atomic E-state index is 8.68. The fourth-order valence-electron chi connectivity index (χ4n) is 1.75. The van der Waals surface area contributed by atoms with Crippen LogP contribution in [0.25, 0.3) is 0 Å². The summed E-state index contributed by atoms with van der Waals surface area (Å²) in [6, 6.07) is 6.13. The first kappa shape index (κ1) is 13.9. The molecule has 0 unspecified atom stereocenters. The zero-order chi connectivity index (χ0) is 13.5. The Morgan fingerprint density at radius 1 is 1.32 bits per heavy atom. The van der Waals surface area contributed by atoms with Crippen molar-refractivity contribution in [2.24, 2.45) is 0 Å². The van der Waals surface area contributed by atoms with Crippen LogP contribution in [0.15, 0.2) is 35.1 Å².